The lowest BCUT2D eigenvalue weighted by molar-refractivity contribution is -0.390. The number of aromatic nitrogens is 2. The van der Waals surface area contributed by atoms with Gasteiger partial charge in [-0.05, 0) is 11.3 Å². The largest absolute Gasteiger partial charge is 0.395 e. The molecule has 0 radical (unpaired) electrons. The Balaban J connectivity index is 2.76. The van der Waals surface area contributed by atoms with Gasteiger partial charge in [-0.1, -0.05) is 5.10 Å². The molecule has 0 saturated heterocycles. The van der Waals surface area contributed by atoms with E-state index in [4.69, 9.17) is 10.8 Å². The van der Waals surface area contributed by atoms with Crippen molar-refractivity contribution in [2.75, 3.05) is 6.61 Å². The van der Waals surface area contributed by atoms with E-state index in [0.29, 0.717) is 5.56 Å². The molecular formula is C6H10N4O3. The molecule has 1 atom stereocenters. The van der Waals surface area contributed by atoms with Crippen molar-refractivity contribution in [3.8, 4) is 0 Å². The second-order valence-corrected chi connectivity index (χ2v) is 2.65. The minimum absolute atomic E-state index is 0.163. The van der Waals surface area contributed by atoms with Crippen LogP contribution in [0.25, 0.3) is 0 Å². The molecule has 0 aliphatic rings. The van der Waals surface area contributed by atoms with Gasteiger partial charge in [-0.2, -0.15) is 0 Å². The summed E-state index contributed by atoms with van der Waals surface area (Å²) in [5.41, 5.74) is 5.83. The van der Waals surface area contributed by atoms with Crippen molar-refractivity contribution in [2.45, 2.75) is 12.5 Å². The van der Waals surface area contributed by atoms with Crippen molar-refractivity contribution < 1.29 is 10.0 Å². The van der Waals surface area contributed by atoms with Gasteiger partial charge in [-0.15, -0.1) is 5.10 Å². The Hall–Kier alpha value is -1.47. The summed E-state index contributed by atoms with van der Waals surface area (Å²) in [6, 6.07) is -0.490. The number of rotatable bonds is 4. The zero-order chi connectivity index (χ0) is 9.84. The molecule has 0 saturated carbocycles. The molecule has 0 aliphatic heterocycles. The van der Waals surface area contributed by atoms with Gasteiger partial charge in [0.2, 0.25) is 0 Å². The van der Waals surface area contributed by atoms with Crippen molar-refractivity contribution >= 4 is 5.82 Å². The number of nitro groups is 1. The van der Waals surface area contributed by atoms with Crippen LogP contribution in [0.2, 0.25) is 0 Å². The van der Waals surface area contributed by atoms with Gasteiger partial charge in [0.25, 0.3) is 0 Å². The van der Waals surface area contributed by atoms with Gasteiger partial charge in [-0.25, -0.2) is 0 Å². The number of nitrogens with two attached hydrogens (primary N) is 1. The number of hydrogen-bond donors (Lipinski definition) is 3. The van der Waals surface area contributed by atoms with Crippen LogP contribution in [0.5, 0.6) is 0 Å². The normalized spacial score (nSPS) is 12.8. The number of nitrogens with one attached hydrogen (secondary N) is 1. The minimum Gasteiger partial charge on any atom is -0.395 e. The molecule has 7 heteroatoms. The molecule has 1 aromatic heterocycles. The quantitative estimate of drug-likeness (QED) is 0.419. The molecule has 1 rings (SSSR count). The lowest BCUT2D eigenvalue weighted by Gasteiger charge is -2.04. The number of nitrogens with zero attached hydrogens (tertiary/aromatic N) is 2. The van der Waals surface area contributed by atoms with Crippen LogP contribution in [0.3, 0.4) is 0 Å². The van der Waals surface area contributed by atoms with Gasteiger partial charge < -0.3 is 21.0 Å². The Morgan fingerprint density at radius 3 is 3.08 bits per heavy atom. The number of H-pyrrole nitrogens is 1. The molecular weight excluding hydrogens is 176 g/mol. The maximum Gasteiger partial charge on any atom is 0.345 e. The maximum atomic E-state index is 10.4. The van der Waals surface area contributed by atoms with E-state index in [9.17, 15) is 10.1 Å². The average Bonchev–Trinajstić information content (AvgIpc) is 2.52. The Labute approximate surface area is 73.7 Å². The van der Waals surface area contributed by atoms with Crippen molar-refractivity contribution in [3.63, 3.8) is 0 Å². The van der Waals surface area contributed by atoms with Crippen LogP contribution in [0.15, 0.2) is 6.20 Å². The summed E-state index contributed by atoms with van der Waals surface area (Å²) in [6.45, 7) is -0.206. The fourth-order valence-electron chi connectivity index (χ4n) is 0.959. The Bertz CT molecular complexity index is 298. The van der Waals surface area contributed by atoms with E-state index >= 15 is 0 Å². The zero-order valence-corrected chi connectivity index (χ0v) is 6.80. The third-order valence-corrected chi connectivity index (χ3v) is 1.59. The predicted octanol–water partition coefficient (Wildman–Crippen LogP) is -0.820. The van der Waals surface area contributed by atoms with Crippen LogP contribution in [0.4, 0.5) is 5.82 Å². The molecule has 7 nitrogen and oxygen atoms in total. The number of aliphatic hydroxyl groups excluding tert-OH is 1. The van der Waals surface area contributed by atoms with Crippen molar-refractivity contribution in [2.24, 2.45) is 5.73 Å². The smallest absolute Gasteiger partial charge is 0.345 e. The Morgan fingerprint density at radius 1 is 1.85 bits per heavy atom. The molecule has 72 valence electrons. The summed E-state index contributed by atoms with van der Waals surface area (Å²) in [7, 11) is 0. The summed E-state index contributed by atoms with van der Waals surface area (Å²) >= 11 is 0. The van der Waals surface area contributed by atoms with Crippen LogP contribution < -0.4 is 5.73 Å². The van der Waals surface area contributed by atoms with Crippen molar-refractivity contribution in [1.82, 2.24) is 10.2 Å². The SMILES string of the molecule is NC(CO)Cc1cn[nH]c1[N+](=O)[O-]. The molecule has 1 unspecified atom stereocenters. The summed E-state index contributed by atoms with van der Waals surface area (Å²) in [5.74, 6) is -0.163. The molecule has 0 fully saturated rings. The van der Waals surface area contributed by atoms with Gasteiger partial charge in [0.15, 0.2) is 0 Å². The molecule has 1 heterocycles. The molecule has 0 aliphatic carbocycles. The van der Waals surface area contributed by atoms with Gasteiger partial charge >= 0.3 is 5.82 Å². The topological polar surface area (TPSA) is 118 Å². The molecule has 0 aromatic carbocycles. The fraction of sp³-hybridized carbons (Fsp3) is 0.500. The van der Waals surface area contributed by atoms with E-state index in [1.165, 1.54) is 6.20 Å². The Morgan fingerprint density at radius 2 is 2.54 bits per heavy atom. The highest BCUT2D eigenvalue weighted by Gasteiger charge is 2.16. The number of aromatic amines is 1. The molecule has 4 N–H and O–H groups in total. The van der Waals surface area contributed by atoms with E-state index in [0.717, 1.165) is 0 Å². The number of hydrogen-bond acceptors (Lipinski definition) is 5. The van der Waals surface area contributed by atoms with Crippen molar-refractivity contribution in [3.05, 3.63) is 21.9 Å². The van der Waals surface area contributed by atoms with E-state index in [2.05, 4.69) is 10.2 Å². The first-order chi connectivity index (χ1) is 6.15. The summed E-state index contributed by atoms with van der Waals surface area (Å²) < 4.78 is 0. The lowest BCUT2D eigenvalue weighted by atomic mass is 10.1. The van der Waals surface area contributed by atoms with E-state index in [1.807, 2.05) is 0 Å². The highest BCUT2D eigenvalue weighted by Crippen LogP contribution is 2.14. The first kappa shape index (κ1) is 9.62. The van der Waals surface area contributed by atoms with E-state index < -0.39 is 11.0 Å². The van der Waals surface area contributed by atoms with Crippen LogP contribution in [-0.4, -0.2) is 32.9 Å². The van der Waals surface area contributed by atoms with Crippen LogP contribution in [0.1, 0.15) is 5.56 Å². The summed E-state index contributed by atoms with van der Waals surface area (Å²) in [4.78, 5) is 9.82. The van der Waals surface area contributed by atoms with Gasteiger partial charge in [-0.3, -0.25) is 0 Å². The highest BCUT2D eigenvalue weighted by molar-refractivity contribution is 5.30. The standard InChI is InChI=1S/C6H10N4O3/c7-5(3-11)1-4-2-8-9-6(4)10(12)13/h2,5,11H,1,3,7H2,(H,8,9). The molecule has 0 bridgehead atoms. The maximum absolute atomic E-state index is 10.4. The molecule has 13 heavy (non-hydrogen) atoms. The predicted molar refractivity (Wildman–Crippen MR) is 44.0 cm³/mol. The second kappa shape index (κ2) is 3.97. The average molecular weight is 186 g/mol. The van der Waals surface area contributed by atoms with Crippen molar-refractivity contribution in [1.29, 1.82) is 0 Å². The third kappa shape index (κ3) is 2.23. The first-order valence-electron chi connectivity index (χ1n) is 3.68. The fourth-order valence-corrected chi connectivity index (χ4v) is 0.959. The van der Waals surface area contributed by atoms with Gasteiger partial charge in [0.1, 0.15) is 0 Å². The zero-order valence-electron chi connectivity index (χ0n) is 6.80. The molecule has 0 spiro atoms. The molecule has 1 aromatic rings. The van der Waals surface area contributed by atoms with Crippen LogP contribution >= 0.6 is 0 Å². The molecule has 0 amide bonds. The third-order valence-electron chi connectivity index (χ3n) is 1.59. The van der Waals surface area contributed by atoms with Crippen LogP contribution in [0, 0.1) is 10.1 Å². The summed E-state index contributed by atoms with van der Waals surface area (Å²) in [6.07, 6.45) is 1.58. The van der Waals surface area contributed by atoms with E-state index in [1.54, 1.807) is 0 Å². The second-order valence-electron chi connectivity index (χ2n) is 2.65. The minimum atomic E-state index is -0.563. The number of aliphatic hydroxyl groups is 1. The van der Waals surface area contributed by atoms with E-state index in [-0.39, 0.29) is 18.8 Å². The first-order valence-corrected chi connectivity index (χ1v) is 3.68. The van der Waals surface area contributed by atoms with Gasteiger partial charge in [0, 0.05) is 6.04 Å². The lowest BCUT2D eigenvalue weighted by Crippen LogP contribution is -2.26. The van der Waals surface area contributed by atoms with Crippen LogP contribution in [-0.2, 0) is 6.42 Å². The van der Waals surface area contributed by atoms with Gasteiger partial charge in [0.05, 0.1) is 18.4 Å². The monoisotopic (exact) mass is 186 g/mol. The Kier molecular flexibility index (Phi) is 2.93. The summed E-state index contributed by atoms with van der Waals surface area (Å²) in [5, 5.41) is 24.8. The highest BCUT2D eigenvalue weighted by atomic mass is 16.6.